The molecule has 29 heavy (non-hydrogen) atoms. The minimum atomic E-state index is -0.914. The molecule has 1 aliphatic heterocycles. The molecular formula is C20H19N3O6. The molecule has 2 heterocycles. The number of nitrogens with one attached hydrogen (secondary N) is 2. The fourth-order valence-corrected chi connectivity index (χ4v) is 3.44. The van der Waals surface area contributed by atoms with Crippen LogP contribution >= 0.6 is 0 Å². The molecule has 4 rings (SSSR count). The lowest BCUT2D eigenvalue weighted by atomic mass is 9.90. The summed E-state index contributed by atoms with van der Waals surface area (Å²) in [6.07, 6.45) is 0.387. The lowest BCUT2D eigenvalue weighted by molar-refractivity contribution is -0.384. The summed E-state index contributed by atoms with van der Waals surface area (Å²) in [5.41, 5.74) is 3.63. The number of carboxylic acid groups (broad SMARTS) is 2. The van der Waals surface area contributed by atoms with Crippen molar-refractivity contribution in [2.24, 2.45) is 0 Å². The Bertz CT molecular complexity index is 1070. The van der Waals surface area contributed by atoms with Gasteiger partial charge in [-0.25, -0.2) is 0 Å². The Hall–Kier alpha value is -3.72. The maximum atomic E-state index is 11.6. The number of H-pyrrole nitrogens is 1. The topological polar surface area (TPSA) is 146 Å². The first kappa shape index (κ1) is 20.0. The van der Waals surface area contributed by atoms with Gasteiger partial charge in [-0.2, -0.15) is 0 Å². The van der Waals surface area contributed by atoms with Crippen molar-refractivity contribution in [1.82, 2.24) is 10.3 Å². The lowest BCUT2D eigenvalue weighted by Gasteiger charge is -2.29. The largest absolute Gasteiger partial charge is 0.481 e. The van der Waals surface area contributed by atoms with Crippen LogP contribution in [0.4, 0.5) is 5.69 Å². The number of aromatic nitrogens is 1. The Morgan fingerprint density at radius 3 is 2.31 bits per heavy atom. The highest BCUT2D eigenvalue weighted by Crippen LogP contribution is 2.35. The number of non-ortho nitro benzene ring substituents is 1. The van der Waals surface area contributed by atoms with Crippen LogP contribution in [0, 0.1) is 10.1 Å². The van der Waals surface area contributed by atoms with Gasteiger partial charge in [0.15, 0.2) is 0 Å². The molecule has 0 saturated heterocycles. The van der Waals surface area contributed by atoms with Gasteiger partial charge in [0.1, 0.15) is 6.04 Å². The molecule has 0 saturated carbocycles. The maximum Gasteiger partial charge on any atom is 0.321 e. The second-order valence-corrected chi connectivity index (χ2v) is 6.63. The molecule has 2 aromatic carbocycles. The van der Waals surface area contributed by atoms with Gasteiger partial charge >= 0.3 is 5.97 Å². The van der Waals surface area contributed by atoms with E-state index in [4.69, 9.17) is 9.90 Å². The van der Waals surface area contributed by atoms with Gasteiger partial charge < -0.3 is 15.2 Å². The fourth-order valence-electron chi connectivity index (χ4n) is 3.44. The molecule has 9 heteroatoms. The zero-order valence-electron chi connectivity index (χ0n) is 15.5. The zero-order valence-corrected chi connectivity index (χ0v) is 15.5. The van der Waals surface area contributed by atoms with Gasteiger partial charge in [0, 0.05) is 42.1 Å². The Labute approximate surface area is 165 Å². The van der Waals surface area contributed by atoms with Gasteiger partial charge in [0.2, 0.25) is 0 Å². The van der Waals surface area contributed by atoms with Crippen LogP contribution in [-0.2, 0) is 16.0 Å². The van der Waals surface area contributed by atoms with E-state index in [-0.39, 0.29) is 11.7 Å². The molecular weight excluding hydrogens is 378 g/mol. The van der Waals surface area contributed by atoms with E-state index in [1.54, 1.807) is 12.1 Å². The molecule has 0 radical (unpaired) electrons. The molecule has 2 atom stereocenters. The first-order chi connectivity index (χ1) is 13.8. The number of rotatable bonds is 3. The summed E-state index contributed by atoms with van der Waals surface area (Å²) in [4.78, 5) is 34.4. The maximum absolute atomic E-state index is 11.6. The second-order valence-electron chi connectivity index (χ2n) is 6.63. The molecule has 0 fully saturated rings. The highest BCUT2D eigenvalue weighted by atomic mass is 16.6. The molecule has 3 aromatic rings. The second kappa shape index (κ2) is 8.11. The summed E-state index contributed by atoms with van der Waals surface area (Å²) in [7, 11) is 0. The molecule has 1 aromatic heterocycles. The summed E-state index contributed by atoms with van der Waals surface area (Å²) in [5.74, 6) is -1.75. The smallest absolute Gasteiger partial charge is 0.321 e. The van der Waals surface area contributed by atoms with Crippen molar-refractivity contribution in [1.29, 1.82) is 0 Å². The lowest BCUT2D eigenvalue weighted by Crippen LogP contribution is -2.44. The summed E-state index contributed by atoms with van der Waals surface area (Å²) < 4.78 is 0. The predicted octanol–water partition coefficient (Wildman–Crippen LogP) is 2.86. The van der Waals surface area contributed by atoms with Crippen molar-refractivity contribution >= 4 is 28.5 Å². The van der Waals surface area contributed by atoms with Gasteiger partial charge in [-0.1, -0.05) is 30.3 Å². The number of benzene rings is 2. The van der Waals surface area contributed by atoms with E-state index in [9.17, 15) is 20.0 Å². The molecule has 9 nitrogen and oxygen atoms in total. The summed E-state index contributed by atoms with van der Waals surface area (Å²) in [5, 5.41) is 31.9. The van der Waals surface area contributed by atoms with Crippen LogP contribution in [-0.4, -0.2) is 38.1 Å². The molecule has 150 valence electrons. The first-order valence-electron chi connectivity index (χ1n) is 8.80. The number of para-hydroxylation sites is 1. The summed E-state index contributed by atoms with van der Waals surface area (Å²) in [6.45, 7) is 1.08. The van der Waals surface area contributed by atoms with E-state index in [0.717, 1.165) is 34.6 Å². The van der Waals surface area contributed by atoms with Crippen molar-refractivity contribution in [2.75, 3.05) is 0 Å². The van der Waals surface area contributed by atoms with E-state index < -0.39 is 22.9 Å². The molecule has 0 amide bonds. The average Bonchev–Trinajstić information content (AvgIpc) is 3.05. The third kappa shape index (κ3) is 4.25. The van der Waals surface area contributed by atoms with Crippen molar-refractivity contribution in [2.45, 2.75) is 25.4 Å². The van der Waals surface area contributed by atoms with Crippen molar-refractivity contribution in [3.8, 4) is 0 Å². The summed E-state index contributed by atoms with van der Waals surface area (Å²) >= 11 is 0. The molecule has 4 N–H and O–H groups in total. The first-order valence-corrected chi connectivity index (χ1v) is 8.80. The Balaban J connectivity index is 0.000000552. The van der Waals surface area contributed by atoms with E-state index in [1.807, 2.05) is 24.3 Å². The molecule has 2 unspecified atom stereocenters. The van der Waals surface area contributed by atoms with E-state index in [2.05, 4.69) is 10.3 Å². The third-order valence-electron chi connectivity index (χ3n) is 4.65. The Kier molecular flexibility index (Phi) is 5.60. The number of nitro groups is 1. The highest BCUT2D eigenvalue weighted by molar-refractivity contribution is 5.87. The molecule has 1 aliphatic rings. The van der Waals surface area contributed by atoms with Gasteiger partial charge in [0.05, 0.1) is 11.0 Å². The van der Waals surface area contributed by atoms with Crippen molar-refractivity contribution < 1.29 is 24.7 Å². The molecule has 0 aliphatic carbocycles. The average molecular weight is 397 g/mol. The van der Waals surface area contributed by atoms with Crippen LogP contribution in [0.15, 0.2) is 48.5 Å². The standard InChI is InChI=1S/C18H15N3O4.C2H4O2/c22-18(23)15-9-13-12-3-1-2-4-14(12)19-17(13)16(20-15)10-5-7-11(8-6-10)21(24)25;1-2(3)4/h1-8,15-16,19-20H,9H2,(H,22,23);1H3,(H,3,4). The van der Waals surface area contributed by atoms with Crippen LogP contribution in [0.1, 0.15) is 29.8 Å². The molecule has 0 spiro atoms. The predicted molar refractivity (Wildman–Crippen MR) is 105 cm³/mol. The van der Waals surface area contributed by atoms with Gasteiger partial charge in [-0.05, 0) is 17.2 Å². The monoisotopic (exact) mass is 397 g/mol. The SMILES string of the molecule is CC(=O)O.O=C(O)C1Cc2c([nH]c3ccccc23)C(c2ccc([N+](=O)[O-])cc2)N1. The van der Waals surface area contributed by atoms with Crippen LogP contribution in [0.3, 0.4) is 0 Å². The summed E-state index contributed by atoms with van der Waals surface area (Å²) in [6, 6.07) is 12.9. The quantitative estimate of drug-likeness (QED) is 0.393. The van der Waals surface area contributed by atoms with E-state index in [1.165, 1.54) is 12.1 Å². The normalized spacial score (nSPS) is 17.7. The fraction of sp³-hybridized carbons (Fsp3) is 0.200. The van der Waals surface area contributed by atoms with Crippen molar-refractivity contribution in [3.63, 3.8) is 0 Å². The zero-order chi connectivity index (χ0) is 21.1. The van der Waals surface area contributed by atoms with Crippen LogP contribution in [0.5, 0.6) is 0 Å². The van der Waals surface area contributed by atoms with Gasteiger partial charge in [-0.3, -0.25) is 25.0 Å². The number of carbonyl (C=O) groups is 2. The number of hydrogen-bond acceptors (Lipinski definition) is 5. The van der Waals surface area contributed by atoms with Gasteiger partial charge in [0.25, 0.3) is 11.7 Å². The number of aliphatic carboxylic acids is 2. The van der Waals surface area contributed by atoms with Crippen LogP contribution in [0.25, 0.3) is 10.9 Å². The Morgan fingerprint density at radius 1 is 1.10 bits per heavy atom. The van der Waals surface area contributed by atoms with E-state index in [0.29, 0.717) is 6.42 Å². The third-order valence-corrected chi connectivity index (χ3v) is 4.65. The number of nitro benzene ring substituents is 1. The number of aromatic amines is 1. The van der Waals surface area contributed by atoms with Crippen LogP contribution < -0.4 is 5.32 Å². The minimum absolute atomic E-state index is 0.00575. The van der Waals surface area contributed by atoms with Crippen LogP contribution in [0.2, 0.25) is 0 Å². The Morgan fingerprint density at radius 2 is 1.72 bits per heavy atom. The number of hydrogen-bond donors (Lipinski definition) is 4. The van der Waals surface area contributed by atoms with E-state index >= 15 is 0 Å². The minimum Gasteiger partial charge on any atom is -0.481 e. The van der Waals surface area contributed by atoms with Crippen molar-refractivity contribution in [3.05, 3.63) is 75.5 Å². The number of fused-ring (bicyclic) bond motifs is 3. The number of carboxylic acids is 2. The molecule has 0 bridgehead atoms. The van der Waals surface area contributed by atoms with Gasteiger partial charge in [-0.15, -0.1) is 0 Å². The highest BCUT2D eigenvalue weighted by Gasteiger charge is 2.33. The number of nitrogens with zero attached hydrogens (tertiary/aromatic N) is 1.